The Morgan fingerprint density at radius 3 is 2.47 bits per heavy atom. The SMILES string of the molecule is NCCCCCc1ccc2c(c1)C(=O)N(CCC(=O)O)CC(=O)N2Cc1ccccc1Oc1ccccc1. The number of nitrogens with two attached hydrogens (primary N) is 1. The van der Waals surface area contributed by atoms with E-state index in [2.05, 4.69) is 0 Å². The van der Waals surface area contributed by atoms with Crippen molar-refractivity contribution < 1.29 is 24.2 Å². The molecule has 0 aromatic heterocycles. The van der Waals surface area contributed by atoms with Crippen molar-refractivity contribution >= 4 is 23.5 Å². The van der Waals surface area contributed by atoms with Crippen molar-refractivity contribution in [2.75, 3.05) is 24.5 Å². The van der Waals surface area contributed by atoms with Crippen molar-refractivity contribution in [3.63, 3.8) is 0 Å². The molecule has 3 aromatic carbocycles. The van der Waals surface area contributed by atoms with E-state index in [0.717, 1.165) is 36.8 Å². The number of carboxylic acids is 1. The minimum Gasteiger partial charge on any atom is -0.481 e. The third-order valence-corrected chi connectivity index (χ3v) is 6.53. The number of carboxylic acid groups (broad SMARTS) is 1. The minimum atomic E-state index is -1.02. The molecule has 1 aliphatic rings. The van der Waals surface area contributed by atoms with E-state index < -0.39 is 5.97 Å². The monoisotopic (exact) mass is 515 g/mol. The summed E-state index contributed by atoms with van der Waals surface area (Å²) in [5.41, 5.74) is 8.30. The molecule has 0 bridgehead atoms. The first-order valence-electron chi connectivity index (χ1n) is 12.9. The fourth-order valence-electron chi connectivity index (χ4n) is 4.53. The number of hydrogen-bond donors (Lipinski definition) is 2. The van der Waals surface area contributed by atoms with Gasteiger partial charge in [-0.25, -0.2) is 0 Å². The molecule has 0 unspecified atom stereocenters. The quantitative estimate of drug-likeness (QED) is 0.341. The predicted molar refractivity (Wildman–Crippen MR) is 145 cm³/mol. The fourth-order valence-corrected chi connectivity index (χ4v) is 4.53. The predicted octanol–water partition coefficient (Wildman–Crippen LogP) is 4.61. The molecule has 4 rings (SSSR count). The number of para-hydroxylation sites is 2. The largest absolute Gasteiger partial charge is 0.481 e. The van der Waals surface area contributed by atoms with E-state index in [1.807, 2.05) is 72.8 Å². The highest BCUT2D eigenvalue weighted by atomic mass is 16.5. The van der Waals surface area contributed by atoms with Gasteiger partial charge in [-0.05, 0) is 61.7 Å². The summed E-state index contributed by atoms with van der Waals surface area (Å²) in [7, 11) is 0. The second kappa shape index (κ2) is 12.9. The second-order valence-corrected chi connectivity index (χ2v) is 9.32. The first kappa shape index (κ1) is 26.9. The highest BCUT2D eigenvalue weighted by Gasteiger charge is 2.32. The molecule has 8 heteroatoms. The molecule has 0 saturated carbocycles. The lowest BCUT2D eigenvalue weighted by Gasteiger charge is -2.24. The number of amides is 2. The van der Waals surface area contributed by atoms with Crippen molar-refractivity contribution in [2.24, 2.45) is 5.73 Å². The number of hydrogen-bond acceptors (Lipinski definition) is 5. The first-order chi connectivity index (χ1) is 18.5. The van der Waals surface area contributed by atoms with Gasteiger partial charge in [0.1, 0.15) is 18.0 Å². The van der Waals surface area contributed by atoms with Crippen LogP contribution in [0, 0.1) is 0 Å². The van der Waals surface area contributed by atoms with Gasteiger partial charge in [0.05, 0.1) is 24.2 Å². The molecule has 1 aliphatic heterocycles. The third kappa shape index (κ3) is 6.77. The van der Waals surface area contributed by atoms with Crippen LogP contribution in [0.4, 0.5) is 5.69 Å². The van der Waals surface area contributed by atoms with Gasteiger partial charge in [0.2, 0.25) is 5.91 Å². The number of aliphatic carboxylic acids is 1. The zero-order valence-electron chi connectivity index (χ0n) is 21.3. The highest BCUT2D eigenvalue weighted by molar-refractivity contribution is 6.09. The number of nitrogens with zero attached hydrogens (tertiary/aromatic N) is 2. The van der Waals surface area contributed by atoms with E-state index >= 15 is 0 Å². The van der Waals surface area contributed by atoms with Gasteiger partial charge < -0.3 is 25.4 Å². The van der Waals surface area contributed by atoms with Gasteiger partial charge in [0.15, 0.2) is 0 Å². The molecule has 198 valence electrons. The Bertz CT molecular complexity index is 1280. The lowest BCUT2D eigenvalue weighted by atomic mass is 10.0. The van der Waals surface area contributed by atoms with E-state index in [1.54, 1.807) is 4.90 Å². The van der Waals surface area contributed by atoms with Gasteiger partial charge in [0.25, 0.3) is 5.91 Å². The van der Waals surface area contributed by atoms with Crippen molar-refractivity contribution in [1.29, 1.82) is 0 Å². The number of benzene rings is 3. The molecule has 1 heterocycles. The van der Waals surface area contributed by atoms with Gasteiger partial charge in [-0.1, -0.05) is 48.9 Å². The Kier molecular flexibility index (Phi) is 9.11. The van der Waals surface area contributed by atoms with Crippen LogP contribution in [0.2, 0.25) is 0 Å². The number of carbonyl (C=O) groups excluding carboxylic acids is 2. The molecule has 0 saturated heterocycles. The van der Waals surface area contributed by atoms with E-state index in [1.165, 1.54) is 4.90 Å². The molecule has 38 heavy (non-hydrogen) atoms. The van der Waals surface area contributed by atoms with Crippen LogP contribution in [-0.2, 0) is 22.6 Å². The fraction of sp³-hybridized carbons (Fsp3) is 0.300. The molecular weight excluding hydrogens is 482 g/mol. The molecule has 0 aliphatic carbocycles. The van der Waals surface area contributed by atoms with Crippen LogP contribution in [0.15, 0.2) is 72.8 Å². The van der Waals surface area contributed by atoms with Gasteiger partial charge in [0, 0.05) is 12.1 Å². The van der Waals surface area contributed by atoms with E-state index in [-0.39, 0.29) is 37.9 Å². The van der Waals surface area contributed by atoms with E-state index in [0.29, 0.717) is 29.3 Å². The summed E-state index contributed by atoms with van der Waals surface area (Å²) in [6, 6.07) is 22.5. The standard InChI is InChI=1S/C30H33N3O5/c31-17-8-2-3-9-22-14-15-26-25(19-22)30(37)32(18-16-29(35)36)21-28(34)33(26)20-23-10-6-7-13-27(23)38-24-11-4-1-5-12-24/h1,4-7,10-15,19H,2-3,8-9,16-18,20-21,31H2,(H,35,36). The second-order valence-electron chi connectivity index (χ2n) is 9.32. The zero-order valence-corrected chi connectivity index (χ0v) is 21.3. The number of carbonyl (C=O) groups is 3. The molecule has 0 spiro atoms. The Labute approximate surface area is 222 Å². The Balaban J connectivity index is 1.66. The van der Waals surface area contributed by atoms with E-state index in [4.69, 9.17) is 10.5 Å². The maximum Gasteiger partial charge on any atom is 0.305 e. The number of rotatable bonds is 12. The maximum absolute atomic E-state index is 13.5. The average Bonchev–Trinajstić information content (AvgIpc) is 3.01. The molecular formula is C30H33N3O5. The van der Waals surface area contributed by atoms with Crippen molar-refractivity contribution in [3.05, 3.63) is 89.5 Å². The smallest absolute Gasteiger partial charge is 0.305 e. The summed E-state index contributed by atoms with van der Waals surface area (Å²) in [5, 5.41) is 9.19. The van der Waals surface area contributed by atoms with Gasteiger partial charge in [-0.2, -0.15) is 0 Å². The maximum atomic E-state index is 13.5. The molecule has 2 amide bonds. The molecule has 3 N–H and O–H groups in total. The normalized spacial score (nSPS) is 13.3. The third-order valence-electron chi connectivity index (χ3n) is 6.53. The number of anilines is 1. The molecule has 8 nitrogen and oxygen atoms in total. The summed E-state index contributed by atoms with van der Waals surface area (Å²) in [6.45, 7) is 0.606. The van der Waals surface area contributed by atoms with Crippen LogP contribution in [0.5, 0.6) is 11.5 Å². The van der Waals surface area contributed by atoms with Crippen molar-refractivity contribution in [2.45, 2.75) is 38.6 Å². The lowest BCUT2D eigenvalue weighted by molar-refractivity contribution is -0.137. The van der Waals surface area contributed by atoms with Crippen LogP contribution in [0.3, 0.4) is 0 Å². The van der Waals surface area contributed by atoms with Crippen LogP contribution in [0.1, 0.15) is 47.2 Å². The number of ether oxygens (including phenoxy) is 1. The topological polar surface area (TPSA) is 113 Å². The van der Waals surface area contributed by atoms with Crippen LogP contribution in [0.25, 0.3) is 0 Å². The molecule has 0 fully saturated rings. The minimum absolute atomic E-state index is 0.0401. The molecule has 0 radical (unpaired) electrons. The van der Waals surface area contributed by atoms with E-state index in [9.17, 15) is 19.5 Å². The van der Waals surface area contributed by atoms with Crippen LogP contribution >= 0.6 is 0 Å². The first-order valence-corrected chi connectivity index (χ1v) is 12.9. The summed E-state index contributed by atoms with van der Waals surface area (Å²) in [6.07, 6.45) is 3.44. The summed E-state index contributed by atoms with van der Waals surface area (Å²) >= 11 is 0. The van der Waals surface area contributed by atoms with Gasteiger partial charge >= 0.3 is 5.97 Å². The summed E-state index contributed by atoms with van der Waals surface area (Å²) in [4.78, 5) is 41.2. The van der Waals surface area contributed by atoms with Crippen molar-refractivity contribution in [3.8, 4) is 11.5 Å². The molecule has 0 atom stereocenters. The Morgan fingerprint density at radius 1 is 0.947 bits per heavy atom. The van der Waals surface area contributed by atoms with Crippen LogP contribution < -0.4 is 15.4 Å². The summed E-state index contributed by atoms with van der Waals surface area (Å²) in [5.74, 6) is -0.352. The number of unbranched alkanes of at least 4 members (excludes halogenated alkanes) is 2. The Hall–Kier alpha value is -4.17. The zero-order chi connectivity index (χ0) is 26.9. The van der Waals surface area contributed by atoms with Gasteiger partial charge in [-0.3, -0.25) is 14.4 Å². The summed E-state index contributed by atoms with van der Waals surface area (Å²) < 4.78 is 6.11. The number of aryl methyl sites for hydroxylation is 1. The highest BCUT2D eigenvalue weighted by Crippen LogP contribution is 2.32. The Morgan fingerprint density at radius 2 is 1.71 bits per heavy atom. The number of fused-ring (bicyclic) bond motifs is 1. The molecule has 3 aromatic rings. The lowest BCUT2D eigenvalue weighted by Crippen LogP contribution is -2.40. The van der Waals surface area contributed by atoms with Crippen LogP contribution in [-0.4, -0.2) is 47.4 Å². The van der Waals surface area contributed by atoms with Crippen molar-refractivity contribution in [1.82, 2.24) is 4.90 Å². The van der Waals surface area contributed by atoms with Gasteiger partial charge in [-0.15, -0.1) is 0 Å². The average molecular weight is 516 g/mol.